The fourth-order valence-corrected chi connectivity index (χ4v) is 7.49. The Morgan fingerprint density at radius 1 is 1.14 bits per heavy atom. The molecule has 1 saturated carbocycles. The molecule has 1 spiro atoms. The smallest absolute Gasteiger partial charge is 0.238 e. The number of ether oxygens (including phenoxy) is 2. The van der Waals surface area contributed by atoms with Gasteiger partial charge in [-0.15, -0.1) is 5.10 Å². The van der Waals surface area contributed by atoms with Crippen molar-refractivity contribution in [1.29, 1.82) is 0 Å². The van der Waals surface area contributed by atoms with E-state index in [2.05, 4.69) is 66.2 Å². The molecular formula is C35H53N3O5. The largest absolute Gasteiger partial charge is 0.443 e. The van der Waals surface area contributed by atoms with Gasteiger partial charge in [0.25, 0.3) is 0 Å². The zero-order chi connectivity index (χ0) is 30.6. The summed E-state index contributed by atoms with van der Waals surface area (Å²) in [7, 11) is 0. The van der Waals surface area contributed by atoms with Crippen molar-refractivity contribution in [2.75, 3.05) is 26.2 Å². The summed E-state index contributed by atoms with van der Waals surface area (Å²) in [5.41, 5.74) is 6.04. The van der Waals surface area contributed by atoms with E-state index in [9.17, 15) is 15.3 Å². The first-order valence-electron chi connectivity index (χ1n) is 16.5. The number of nitrogens with one attached hydrogen (secondary N) is 1. The minimum Gasteiger partial charge on any atom is -0.443 e. The lowest BCUT2D eigenvalue weighted by atomic mass is 9.69. The van der Waals surface area contributed by atoms with Crippen molar-refractivity contribution in [2.45, 2.75) is 116 Å². The average Bonchev–Trinajstić information content (AvgIpc) is 3.39. The zero-order valence-electron chi connectivity index (χ0n) is 26.6. The molecule has 1 aliphatic carbocycles. The highest BCUT2D eigenvalue weighted by atomic mass is 16.7. The van der Waals surface area contributed by atoms with E-state index < -0.39 is 30.5 Å². The van der Waals surface area contributed by atoms with E-state index in [4.69, 9.17) is 9.47 Å². The van der Waals surface area contributed by atoms with E-state index in [0.29, 0.717) is 17.7 Å². The summed E-state index contributed by atoms with van der Waals surface area (Å²) < 4.78 is 11.9. The van der Waals surface area contributed by atoms with Crippen molar-refractivity contribution in [3.05, 3.63) is 52.2 Å². The van der Waals surface area contributed by atoms with Gasteiger partial charge >= 0.3 is 0 Å². The predicted molar refractivity (Wildman–Crippen MR) is 169 cm³/mol. The van der Waals surface area contributed by atoms with Gasteiger partial charge in [0, 0.05) is 36.7 Å². The first-order chi connectivity index (χ1) is 20.7. The molecule has 5 atom stereocenters. The Morgan fingerprint density at radius 3 is 2.63 bits per heavy atom. The Balaban J connectivity index is 1.22. The SMILES string of the molecule is Cc1cc(/C=C/CCN2CCCC3(CCCCC3)C2)ccc1Cc1c(O[C@@H]2O[C@H](CO)[C@@H](C)[C@H](O)[C@H]2O)n[nH]c1C(C)C. The number of aryl methyl sites for hydroxylation is 1. The predicted octanol–water partition coefficient (Wildman–Crippen LogP) is 5.34. The highest BCUT2D eigenvalue weighted by molar-refractivity contribution is 5.52. The van der Waals surface area contributed by atoms with Gasteiger partial charge in [-0.1, -0.05) is 70.4 Å². The number of H-pyrrole nitrogens is 1. The number of benzene rings is 1. The maximum Gasteiger partial charge on any atom is 0.238 e. The number of hydrogen-bond donors (Lipinski definition) is 4. The minimum absolute atomic E-state index is 0.184. The van der Waals surface area contributed by atoms with Crippen LogP contribution in [0.15, 0.2) is 24.3 Å². The molecule has 0 bridgehead atoms. The normalized spacial score (nSPS) is 28.2. The fraction of sp³-hybridized carbons (Fsp3) is 0.686. The molecule has 0 amide bonds. The topological polar surface area (TPSA) is 111 Å². The van der Waals surface area contributed by atoms with Gasteiger partial charge in [0.05, 0.1) is 18.8 Å². The molecule has 238 valence electrons. The van der Waals surface area contributed by atoms with Crippen molar-refractivity contribution < 1.29 is 24.8 Å². The molecule has 2 aliphatic heterocycles. The van der Waals surface area contributed by atoms with Crippen molar-refractivity contribution >= 4 is 6.08 Å². The number of piperidine rings is 1. The van der Waals surface area contributed by atoms with Crippen molar-refractivity contribution in [1.82, 2.24) is 15.1 Å². The number of aliphatic hydroxyl groups excluding tert-OH is 3. The molecule has 0 unspecified atom stereocenters. The molecule has 8 nitrogen and oxygen atoms in total. The van der Waals surface area contributed by atoms with Gasteiger partial charge in [0.15, 0.2) is 0 Å². The van der Waals surface area contributed by atoms with Crippen molar-refractivity contribution in [3.63, 3.8) is 0 Å². The number of aromatic nitrogens is 2. The second kappa shape index (κ2) is 14.2. The van der Waals surface area contributed by atoms with Crippen LogP contribution in [0.5, 0.6) is 5.88 Å². The second-order valence-electron chi connectivity index (χ2n) is 13.8. The minimum atomic E-state index is -1.25. The third-order valence-electron chi connectivity index (χ3n) is 10.2. The molecule has 4 N–H and O–H groups in total. The summed E-state index contributed by atoms with van der Waals surface area (Å²) in [5, 5.41) is 38.4. The van der Waals surface area contributed by atoms with E-state index in [1.54, 1.807) is 6.92 Å². The van der Waals surface area contributed by atoms with E-state index >= 15 is 0 Å². The third kappa shape index (κ3) is 7.54. The molecule has 43 heavy (non-hydrogen) atoms. The lowest BCUT2D eigenvalue weighted by Gasteiger charge is -2.45. The van der Waals surface area contributed by atoms with Crippen LogP contribution in [-0.2, 0) is 11.2 Å². The van der Waals surface area contributed by atoms with E-state index in [-0.39, 0.29) is 12.5 Å². The number of nitrogens with zero attached hydrogens (tertiary/aromatic N) is 2. The first kappa shape index (κ1) is 32.2. The van der Waals surface area contributed by atoms with Crippen LogP contribution in [0.2, 0.25) is 0 Å². The summed E-state index contributed by atoms with van der Waals surface area (Å²) in [6.45, 7) is 11.5. The maximum atomic E-state index is 10.6. The van der Waals surface area contributed by atoms with Crippen LogP contribution in [0, 0.1) is 18.3 Å². The van der Waals surface area contributed by atoms with Crippen LogP contribution >= 0.6 is 0 Å². The molecule has 0 radical (unpaired) electrons. The second-order valence-corrected chi connectivity index (χ2v) is 13.8. The van der Waals surface area contributed by atoms with Gasteiger partial charge in [-0.05, 0) is 73.6 Å². The summed E-state index contributed by atoms with van der Waals surface area (Å²) in [4.78, 5) is 2.70. The van der Waals surface area contributed by atoms with Crippen molar-refractivity contribution in [3.8, 4) is 5.88 Å². The van der Waals surface area contributed by atoms with Gasteiger partial charge in [0.1, 0.15) is 6.10 Å². The first-order valence-corrected chi connectivity index (χ1v) is 16.5. The average molecular weight is 596 g/mol. The molecule has 8 heteroatoms. The molecule has 1 aromatic heterocycles. The number of aromatic amines is 1. The van der Waals surface area contributed by atoms with Crippen molar-refractivity contribution in [2.24, 2.45) is 11.3 Å². The van der Waals surface area contributed by atoms with Crippen LogP contribution in [0.3, 0.4) is 0 Å². The summed E-state index contributed by atoms with van der Waals surface area (Å²) in [6.07, 6.45) is 12.1. The molecule has 2 aromatic rings. The Bertz CT molecular complexity index is 1210. The van der Waals surface area contributed by atoms with E-state index in [1.807, 2.05) is 0 Å². The van der Waals surface area contributed by atoms with Crippen LogP contribution in [0.25, 0.3) is 6.08 Å². The Hall–Kier alpha value is -2.23. The molecule has 1 aromatic carbocycles. The Labute approximate surface area is 257 Å². The molecule has 3 fully saturated rings. The van der Waals surface area contributed by atoms with E-state index in [1.165, 1.54) is 74.7 Å². The molecule has 3 heterocycles. The monoisotopic (exact) mass is 595 g/mol. The number of aliphatic hydroxyl groups is 3. The Morgan fingerprint density at radius 2 is 1.91 bits per heavy atom. The summed E-state index contributed by atoms with van der Waals surface area (Å²) in [5.74, 6) is 0.115. The summed E-state index contributed by atoms with van der Waals surface area (Å²) in [6, 6.07) is 6.58. The van der Waals surface area contributed by atoms with Gasteiger partial charge in [-0.2, -0.15) is 0 Å². The zero-order valence-corrected chi connectivity index (χ0v) is 26.6. The van der Waals surface area contributed by atoms with Crippen LogP contribution < -0.4 is 4.74 Å². The lowest BCUT2D eigenvalue weighted by Crippen LogP contribution is -2.56. The standard InChI is InChI=1S/C35H53N3O5/c1-23(2)30-28(33(37-36-30)43-34-32(41)31(40)25(4)29(21-39)42-34)20-27-13-12-26(19-24(27)3)11-6-9-17-38-18-10-16-35(22-38)14-7-5-8-15-35/h6,11-13,19,23,25,29,31-32,34,39-41H,5,7-10,14-18,20-22H2,1-4H3,(H,36,37)/b11-6+/t25-,29-,31+,32-,34+/m1/s1. The quantitative estimate of drug-likeness (QED) is 0.294. The van der Waals surface area contributed by atoms with Crippen LogP contribution in [-0.4, -0.2) is 81.3 Å². The highest BCUT2D eigenvalue weighted by Gasteiger charge is 2.44. The van der Waals surface area contributed by atoms with Gasteiger partial charge < -0.3 is 29.7 Å². The maximum absolute atomic E-state index is 10.6. The van der Waals surface area contributed by atoms with Gasteiger partial charge in [-0.3, -0.25) is 5.10 Å². The fourth-order valence-electron chi connectivity index (χ4n) is 7.49. The molecular weight excluding hydrogens is 542 g/mol. The Kier molecular flexibility index (Phi) is 10.7. The van der Waals surface area contributed by atoms with Crippen LogP contribution in [0.4, 0.5) is 0 Å². The van der Waals surface area contributed by atoms with Crippen LogP contribution in [0.1, 0.15) is 106 Å². The van der Waals surface area contributed by atoms with Gasteiger partial charge in [-0.25, -0.2) is 0 Å². The molecule has 5 rings (SSSR count). The number of rotatable bonds is 10. The van der Waals surface area contributed by atoms with E-state index in [0.717, 1.165) is 24.2 Å². The lowest BCUT2D eigenvalue weighted by molar-refractivity contribution is -0.261. The number of likely N-dealkylation sites (tertiary alicyclic amines) is 1. The summed E-state index contributed by atoms with van der Waals surface area (Å²) >= 11 is 0. The number of hydrogen-bond acceptors (Lipinski definition) is 7. The molecule has 2 saturated heterocycles. The molecule has 3 aliphatic rings. The highest BCUT2D eigenvalue weighted by Crippen LogP contribution is 2.43. The third-order valence-corrected chi connectivity index (χ3v) is 10.2. The van der Waals surface area contributed by atoms with Gasteiger partial charge in [0.2, 0.25) is 12.2 Å².